The summed E-state index contributed by atoms with van der Waals surface area (Å²) in [6.07, 6.45) is 0.406. The molecule has 1 heterocycles. The first-order valence-electron chi connectivity index (χ1n) is 6.23. The Hall–Kier alpha value is -1.65. The molecule has 2 nitrogen and oxygen atoms in total. The highest BCUT2D eigenvalue weighted by molar-refractivity contribution is 9.11. The van der Waals surface area contributed by atoms with Gasteiger partial charge in [0.2, 0.25) is 5.91 Å². The first kappa shape index (κ1) is 13.3. The molecule has 3 aromatic rings. The van der Waals surface area contributed by atoms with Crippen molar-refractivity contribution in [3.63, 3.8) is 0 Å². The minimum Gasteiger partial charge on any atom is -0.326 e. The Balaban J connectivity index is 1.73. The molecule has 1 amide bonds. The Kier molecular flexibility index (Phi) is 3.85. The Morgan fingerprint density at radius 1 is 1.05 bits per heavy atom. The van der Waals surface area contributed by atoms with Crippen LogP contribution in [0.4, 0.5) is 5.69 Å². The minimum atomic E-state index is 0.00892. The summed E-state index contributed by atoms with van der Waals surface area (Å²) in [6, 6.07) is 18.0. The van der Waals surface area contributed by atoms with E-state index in [0.717, 1.165) is 19.7 Å². The molecule has 0 unspecified atom stereocenters. The molecular weight excluding hydrogens is 334 g/mol. The van der Waals surface area contributed by atoms with Crippen LogP contribution in [0.15, 0.2) is 58.4 Å². The molecule has 0 saturated heterocycles. The van der Waals surface area contributed by atoms with E-state index in [4.69, 9.17) is 0 Å². The van der Waals surface area contributed by atoms with Crippen molar-refractivity contribution in [1.82, 2.24) is 0 Å². The molecule has 1 N–H and O–H groups in total. The van der Waals surface area contributed by atoms with E-state index in [1.54, 1.807) is 11.3 Å². The van der Waals surface area contributed by atoms with Crippen LogP contribution in [0.25, 0.3) is 10.8 Å². The van der Waals surface area contributed by atoms with Crippen molar-refractivity contribution in [1.29, 1.82) is 0 Å². The van der Waals surface area contributed by atoms with Gasteiger partial charge >= 0.3 is 0 Å². The lowest BCUT2D eigenvalue weighted by atomic mass is 10.1. The van der Waals surface area contributed by atoms with Crippen molar-refractivity contribution in [2.24, 2.45) is 0 Å². The average molecular weight is 346 g/mol. The Morgan fingerprint density at radius 2 is 1.85 bits per heavy atom. The molecule has 20 heavy (non-hydrogen) atoms. The third kappa shape index (κ3) is 3.08. The minimum absolute atomic E-state index is 0.00892. The van der Waals surface area contributed by atoms with Crippen LogP contribution in [-0.2, 0) is 11.2 Å². The standard InChI is InChI=1S/C16H12BrNOS/c17-15-8-7-14(20-15)10-16(19)18-13-6-5-11-3-1-2-4-12(11)9-13/h1-9H,10H2,(H,18,19). The van der Waals surface area contributed by atoms with E-state index in [1.807, 2.05) is 48.5 Å². The Morgan fingerprint density at radius 3 is 2.60 bits per heavy atom. The average Bonchev–Trinajstić information content (AvgIpc) is 2.83. The summed E-state index contributed by atoms with van der Waals surface area (Å²) in [5.74, 6) is 0.00892. The van der Waals surface area contributed by atoms with Crippen LogP contribution in [0, 0.1) is 0 Å². The van der Waals surface area contributed by atoms with Crippen LogP contribution in [0.3, 0.4) is 0 Å². The molecule has 100 valence electrons. The summed E-state index contributed by atoms with van der Waals surface area (Å²) >= 11 is 4.99. The number of hydrogen-bond donors (Lipinski definition) is 1. The zero-order chi connectivity index (χ0) is 13.9. The van der Waals surface area contributed by atoms with Crippen LogP contribution in [-0.4, -0.2) is 5.91 Å². The maximum Gasteiger partial charge on any atom is 0.229 e. The molecule has 0 atom stereocenters. The highest BCUT2D eigenvalue weighted by Gasteiger charge is 2.06. The predicted octanol–water partition coefficient (Wildman–Crippen LogP) is 4.85. The number of anilines is 1. The maximum atomic E-state index is 12.0. The molecule has 0 aliphatic carbocycles. The van der Waals surface area contributed by atoms with Crippen molar-refractivity contribution in [2.45, 2.75) is 6.42 Å². The summed E-state index contributed by atoms with van der Waals surface area (Å²) in [4.78, 5) is 13.1. The summed E-state index contributed by atoms with van der Waals surface area (Å²) in [5, 5.41) is 5.25. The monoisotopic (exact) mass is 345 g/mol. The molecule has 3 rings (SSSR count). The highest BCUT2D eigenvalue weighted by Crippen LogP contribution is 2.23. The third-order valence-electron chi connectivity index (χ3n) is 3.00. The molecule has 1 aromatic heterocycles. The first-order chi connectivity index (χ1) is 9.70. The molecule has 0 fully saturated rings. The normalized spacial score (nSPS) is 10.7. The zero-order valence-electron chi connectivity index (χ0n) is 10.6. The van der Waals surface area contributed by atoms with Gasteiger partial charge in [0.15, 0.2) is 0 Å². The topological polar surface area (TPSA) is 29.1 Å². The van der Waals surface area contributed by atoms with Crippen LogP contribution in [0.2, 0.25) is 0 Å². The number of amides is 1. The van der Waals surface area contributed by atoms with E-state index in [2.05, 4.69) is 27.3 Å². The van der Waals surface area contributed by atoms with Gasteiger partial charge in [-0.05, 0) is 51.0 Å². The fraction of sp³-hybridized carbons (Fsp3) is 0.0625. The van der Waals surface area contributed by atoms with Gasteiger partial charge in [-0.3, -0.25) is 4.79 Å². The van der Waals surface area contributed by atoms with E-state index in [-0.39, 0.29) is 5.91 Å². The van der Waals surface area contributed by atoms with Crippen molar-refractivity contribution < 1.29 is 4.79 Å². The fourth-order valence-electron chi connectivity index (χ4n) is 2.08. The summed E-state index contributed by atoms with van der Waals surface area (Å²) in [6.45, 7) is 0. The third-order valence-corrected chi connectivity index (χ3v) is 4.62. The first-order valence-corrected chi connectivity index (χ1v) is 7.84. The Labute approximate surface area is 129 Å². The number of carbonyl (C=O) groups excluding carboxylic acids is 1. The molecule has 0 radical (unpaired) electrons. The van der Waals surface area contributed by atoms with E-state index in [0.29, 0.717) is 6.42 Å². The number of carbonyl (C=O) groups is 1. The fourth-order valence-corrected chi connectivity index (χ4v) is 3.56. The number of thiophene rings is 1. The molecular formula is C16H12BrNOS. The molecule has 0 aliphatic heterocycles. The van der Waals surface area contributed by atoms with Gasteiger partial charge in [0, 0.05) is 10.6 Å². The number of nitrogens with one attached hydrogen (secondary N) is 1. The summed E-state index contributed by atoms with van der Waals surface area (Å²) in [7, 11) is 0. The van der Waals surface area contributed by atoms with Crippen LogP contribution < -0.4 is 5.32 Å². The molecule has 0 aliphatic rings. The van der Waals surface area contributed by atoms with Gasteiger partial charge in [-0.25, -0.2) is 0 Å². The Bertz CT molecular complexity index is 766. The lowest BCUT2D eigenvalue weighted by Gasteiger charge is -2.06. The second kappa shape index (κ2) is 5.77. The lowest BCUT2D eigenvalue weighted by Crippen LogP contribution is -2.13. The van der Waals surface area contributed by atoms with Crippen molar-refractivity contribution in [2.75, 3.05) is 5.32 Å². The van der Waals surface area contributed by atoms with Gasteiger partial charge in [-0.2, -0.15) is 0 Å². The van der Waals surface area contributed by atoms with Gasteiger partial charge in [-0.1, -0.05) is 30.3 Å². The van der Waals surface area contributed by atoms with E-state index in [9.17, 15) is 4.79 Å². The SMILES string of the molecule is O=C(Cc1ccc(Br)s1)Nc1ccc2ccccc2c1. The van der Waals surface area contributed by atoms with Gasteiger partial charge in [-0.15, -0.1) is 11.3 Å². The zero-order valence-corrected chi connectivity index (χ0v) is 13.0. The number of benzene rings is 2. The number of fused-ring (bicyclic) bond motifs is 1. The molecule has 0 saturated carbocycles. The van der Waals surface area contributed by atoms with Crippen molar-refractivity contribution in [3.8, 4) is 0 Å². The number of halogens is 1. The van der Waals surface area contributed by atoms with Gasteiger partial charge in [0.1, 0.15) is 0 Å². The second-order valence-corrected chi connectivity index (χ2v) is 7.04. The maximum absolute atomic E-state index is 12.0. The quantitative estimate of drug-likeness (QED) is 0.722. The lowest BCUT2D eigenvalue weighted by molar-refractivity contribution is -0.115. The molecule has 2 aromatic carbocycles. The molecule has 0 spiro atoms. The van der Waals surface area contributed by atoms with E-state index < -0.39 is 0 Å². The number of hydrogen-bond acceptors (Lipinski definition) is 2. The largest absolute Gasteiger partial charge is 0.326 e. The molecule has 4 heteroatoms. The molecule has 0 bridgehead atoms. The van der Waals surface area contributed by atoms with Gasteiger partial charge in [0.05, 0.1) is 10.2 Å². The van der Waals surface area contributed by atoms with Crippen molar-refractivity contribution in [3.05, 3.63) is 63.3 Å². The van der Waals surface area contributed by atoms with Crippen LogP contribution in [0.5, 0.6) is 0 Å². The smallest absolute Gasteiger partial charge is 0.229 e. The second-order valence-electron chi connectivity index (χ2n) is 4.49. The summed E-state index contributed by atoms with van der Waals surface area (Å²) < 4.78 is 1.05. The van der Waals surface area contributed by atoms with Crippen molar-refractivity contribution >= 4 is 49.6 Å². The number of rotatable bonds is 3. The highest BCUT2D eigenvalue weighted by atomic mass is 79.9. The van der Waals surface area contributed by atoms with E-state index >= 15 is 0 Å². The van der Waals surface area contributed by atoms with Crippen LogP contribution in [0.1, 0.15) is 4.88 Å². The van der Waals surface area contributed by atoms with E-state index in [1.165, 1.54) is 5.39 Å². The van der Waals surface area contributed by atoms with Gasteiger partial charge < -0.3 is 5.32 Å². The van der Waals surface area contributed by atoms with Gasteiger partial charge in [0.25, 0.3) is 0 Å². The van der Waals surface area contributed by atoms with Crippen LogP contribution >= 0.6 is 27.3 Å². The summed E-state index contributed by atoms with van der Waals surface area (Å²) in [5.41, 5.74) is 0.837. The predicted molar refractivity (Wildman–Crippen MR) is 88.3 cm³/mol.